The standard InChI is InChI=1S/C22H15BrCl2N2O2/c23-14-8-9-19-17(11-14)21(13-4-3-5-15(24)10-13)27(12-20(28)26-19)22(29)16-6-1-2-7-18(16)25/h1-11,21H,12H2,(H,26,28)/t21-/m1/s1. The van der Waals surface area contributed by atoms with Crippen molar-refractivity contribution in [3.63, 3.8) is 0 Å². The number of amides is 2. The van der Waals surface area contributed by atoms with Crippen molar-refractivity contribution in [2.45, 2.75) is 6.04 Å². The minimum atomic E-state index is -0.524. The van der Waals surface area contributed by atoms with E-state index in [-0.39, 0.29) is 18.4 Å². The van der Waals surface area contributed by atoms with Gasteiger partial charge in [0.25, 0.3) is 5.91 Å². The summed E-state index contributed by atoms with van der Waals surface area (Å²) in [7, 11) is 0. The zero-order valence-electron chi connectivity index (χ0n) is 15.0. The van der Waals surface area contributed by atoms with Crippen LogP contribution in [0, 0.1) is 0 Å². The van der Waals surface area contributed by atoms with E-state index in [0.29, 0.717) is 21.3 Å². The molecule has 146 valence electrons. The van der Waals surface area contributed by atoms with Crippen molar-refractivity contribution in [3.05, 3.63) is 97.9 Å². The average Bonchev–Trinajstić information content (AvgIpc) is 2.83. The Morgan fingerprint density at radius 1 is 1.03 bits per heavy atom. The lowest BCUT2D eigenvalue weighted by molar-refractivity contribution is -0.117. The molecule has 0 fully saturated rings. The van der Waals surface area contributed by atoms with Gasteiger partial charge in [0.15, 0.2) is 0 Å². The summed E-state index contributed by atoms with van der Waals surface area (Å²) in [6.45, 7) is -0.118. The maximum absolute atomic E-state index is 13.5. The molecule has 2 amide bonds. The highest BCUT2D eigenvalue weighted by Gasteiger charge is 2.34. The van der Waals surface area contributed by atoms with Gasteiger partial charge in [-0.25, -0.2) is 0 Å². The fourth-order valence-electron chi connectivity index (χ4n) is 3.49. The van der Waals surface area contributed by atoms with Crippen molar-refractivity contribution in [2.24, 2.45) is 0 Å². The zero-order chi connectivity index (χ0) is 20.5. The number of hydrogen-bond donors (Lipinski definition) is 1. The Kier molecular flexibility index (Phi) is 5.63. The molecule has 3 aromatic carbocycles. The number of fused-ring (bicyclic) bond motifs is 1. The van der Waals surface area contributed by atoms with Crippen molar-refractivity contribution in [1.29, 1.82) is 0 Å². The van der Waals surface area contributed by atoms with Crippen LogP contribution < -0.4 is 5.32 Å². The van der Waals surface area contributed by atoms with Crippen LogP contribution >= 0.6 is 39.1 Å². The fraction of sp³-hybridized carbons (Fsp3) is 0.0909. The molecule has 1 heterocycles. The molecule has 1 aliphatic rings. The first-order valence-electron chi connectivity index (χ1n) is 8.84. The van der Waals surface area contributed by atoms with E-state index < -0.39 is 6.04 Å². The Hall–Kier alpha value is -2.34. The third kappa shape index (κ3) is 4.04. The van der Waals surface area contributed by atoms with E-state index >= 15 is 0 Å². The fourth-order valence-corrected chi connectivity index (χ4v) is 4.29. The van der Waals surface area contributed by atoms with Crippen molar-refractivity contribution < 1.29 is 9.59 Å². The summed E-state index contributed by atoms with van der Waals surface area (Å²) in [5.41, 5.74) is 2.58. The molecule has 3 aromatic rings. The lowest BCUT2D eigenvalue weighted by Gasteiger charge is -2.31. The zero-order valence-corrected chi connectivity index (χ0v) is 18.1. The first-order chi connectivity index (χ1) is 13.9. The van der Waals surface area contributed by atoms with Gasteiger partial charge in [0, 0.05) is 20.7 Å². The van der Waals surface area contributed by atoms with Crippen LogP contribution in [0.4, 0.5) is 5.69 Å². The van der Waals surface area contributed by atoms with Gasteiger partial charge in [-0.2, -0.15) is 0 Å². The van der Waals surface area contributed by atoms with Crippen LogP contribution in [0.5, 0.6) is 0 Å². The third-order valence-corrected chi connectivity index (χ3v) is 5.80. The lowest BCUT2D eigenvalue weighted by atomic mass is 9.95. The Labute approximate surface area is 186 Å². The van der Waals surface area contributed by atoms with Crippen LogP contribution in [0.1, 0.15) is 27.5 Å². The summed E-state index contributed by atoms with van der Waals surface area (Å²) < 4.78 is 0.838. The maximum atomic E-state index is 13.5. The second-order valence-corrected chi connectivity index (χ2v) is 8.41. The summed E-state index contributed by atoms with van der Waals surface area (Å²) >= 11 is 16.0. The number of hydrogen-bond acceptors (Lipinski definition) is 2. The van der Waals surface area contributed by atoms with E-state index in [2.05, 4.69) is 21.2 Å². The number of benzene rings is 3. The largest absolute Gasteiger partial charge is 0.324 e. The quantitative estimate of drug-likeness (QED) is 0.484. The molecule has 0 bridgehead atoms. The highest BCUT2D eigenvalue weighted by atomic mass is 79.9. The number of rotatable bonds is 2. The normalized spacial score (nSPS) is 16.0. The van der Waals surface area contributed by atoms with Crippen LogP contribution in [0.2, 0.25) is 10.0 Å². The monoisotopic (exact) mass is 488 g/mol. The van der Waals surface area contributed by atoms with E-state index in [9.17, 15) is 9.59 Å². The molecule has 0 saturated carbocycles. The number of carbonyl (C=O) groups is 2. The first-order valence-corrected chi connectivity index (χ1v) is 10.4. The van der Waals surface area contributed by atoms with Gasteiger partial charge < -0.3 is 10.2 Å². The second kappa shape index (κ2) is 8.19. The molecule has 4 nitrogen and oxygen atoms in total. The molecule has 4 rings (SSSR count). The summed E-state index contributed by atoms with van der Waals surface area (Å²) in [4.78, 5) is 27.7. The molecule has 0 unspecified atom stereocenters. The van der Waals surface area contributed by atoms with Crippen LogP contribution in [-0.2, 0) is 4.79 Å². The van der Waals surface area contributed by atoms with E-state index in [1.165, 1.54) is 4.90 Å². The summed E-state index contributed by atoms with van der Waals surface area (Å²) in [6, 6.07) is 19.2. The topological polar surface area (TPSA) is 49.4 Å². The number of halogens is 3. The highest BCUT2D eigenvalue weighted by Crippen LogP contribution is 2.39. The minimum Gasteiger partial charge on any atom is -0.324 e. The van der Waals surface area contributed by atoms with Crippen molar-refractivity contribution in [1.82, 2.24) is 4.90 Å². The van der Waals surface area contributed by atoms with Crippen molar-refractivity contribution in [2.75, 3.05) is 11.9 Å². The molecule has 1 aliphatic heterocycles. The SMILES string of the molecule is O=C1CN(C(=O)c2ccccc2Cl)[C@H](c2cccc(Cl)c2)c2cc(Br)ccc2N1. The lowest BCUT2D eigenvalue weighted by Crippen LogP contribution is -2.39. The molecule has 7 heteroatoms. The van der Waals surface area contributed by atoms with Gasteiger partial charge in [0.1, 0.15) is 6.54 Å². The van der Waals surface area contributed by atoms with Gasteiger partial charge in [-0.15, -0.1) is 0 Å². The number of nitrogens with one attached hydrogen (secondary N) is 1. The van der Waals surface area contributed by atoms with Crippen LogP contribution in [-0.4, -0.2) is 23.3 Å². The number of anilines is 1. The predicted molar refractivity (Wildman–Crippen MR) is 119 cm³/mol. The van der Waals surface area contributed by atoms with Crippen LogP contribution in [0.15, 0.2) is 71.2 Å². The molecule has 29 heavy (non-hydrogen) atoms. The van der Waals surface area contributed by atoms with Crippen molar-refractivity contribution in [3.8, 4) is 0 Å². The summed E-state index contributed by atoms with van der Waals surface area (Å²) in [5, 5.41) is 3.78. The Morgan fingerprint density at radius 3 is 2.59 bits per heavy atom. The van der Waals surface area contributed by atoms with E-state index in [1.807, 2.05) is 30.3 Å². The Bertz CT molecular complexity index is 1120. The van der Waals surface area contributed by atoms with E-state index in [4.69, 9.17) is 23.2 Å². The Balaban J connectivity index is 1.93. The van der Waals surface area contributed by atoms with Crippen LogP contribution in [0.25, 0.3) is 0 Å². The van der Waals surface area contributed by atoms with Gasteiger partial charge in [-0.1, -0.05) is 63.4 Å². The average molecular weight is 490 g/mol. The minimum absolute atomic E-state index is 0.118. The maximum Gasteiger partial charge on any atom is 0.256 e. The van der Waals surface area contributed by atoms with Gasteiger partial charge in [0.2, 0.25) is 5.91 Å². The predicted octanol–water partition coefficient (Wildman–Crippen LogP) is 5.94. The number of carbonyl (C=O) groups excluding carboxylic acids is 2. The molecule has 0 radical (unpaired) electrons. The van der Waals surface area contributed by atoms with Gasteiger partial charge in [0.05, 0.1) is 16.6 Å². The first kappa shape index (κ1) is 20.0. The molecule has 1 N–H and O–H groups in total. The van der Waals surface area contributed by atoms with Crippen molar-refractivity contribution >= 4 is 56.6 Å². The van der Waals surface area contributed by atoms with Gasteiger partial charge in [-0.3, -0.25) is 9.59 Å². The van der Waals surface area contributed by atoms with E-state index in [1.54, 1.807) is 36.4 Å². The molecule has 0 spiro atoms. The highest BCUT2D eigenvalue weighted by molar-refractivity contribution is 9.10. The summed E-state index contributed by atoms with van der Waals surface area (Å²) in [6.07, 6.45) is 0. The third-order valence-electron chi connectivity index (χ3n) is 4.74. The Morgan fingerprint density at radius 2 is 1.83 bits per heavy atom. The van der Waals surface area contributed by atoms with E-state index in [0.717, 1.165) is 15.6 Å². The summed E-state index contributed by atoms with van der Waals surface area (Å²) in [5.74, 6) is -0.609. The molecule has 0 aliphatic carbocycles. The van der Waals surface area contributed by atoms with Crippen LogP contribution in [0.3, 0.4) is 0 Å². The number of nitrogens with zero attached hydrogens (tertiary/aromatic N) is 1. The molecule has 0 aromatic heterocycles. The molecular formula is C22H15BrCl2N2O2. The molecular weight excluding hydrogens is 475 g/mol. The molecule has 0 saturated heterocycles. The van der Waals surface area contributed by atoms with Gasteiger partial charge in [-0.05, 0) is 48.0 Å². The molecule has 1 atom stereocenters. The van der Waals surface area contributed by atoms with Gasteiger partial charge >= 0.3 is 0 Å². The smallest absolute Gasteiger partial charge is 0.256 e. The second-order valence-electron chi connectivity index (χ2n) is 6.65.